The maximum absolute atomic E-state index is 13.5. The molecule has 0 bridgehead atoms. The molecule has 0 aromatic carbocycles. The van der Waals surface area contributed by atoms with E-state index in [9.17, 15) is 44.4 Å². The minimum atomic E-state index is -1.35. The average molecular weight is 835 g/mol. The summed E-state index contributed by atoms with van der Waals surface area (Å²) in [6, 6.07) is -4.15. The predicted molar refractivity (Wildman–Crippen MR) is 211 cm³/mol. The summed E-state index contributed by atoms with van der Waals surface area (Å²) in [6.07, 6.45) is 2.00. The van der Waals surface area contributed by atoms with Gasteiger partial charge in [-0.1, -0.05) is 0 Å². The molecule has 2 aliphatic heterocycles. The summed E-state index contributed by atoms with van der Waals surface area (Å²) < 4.78 is 7.55. The molecule has 2 aromatic heterocycles. The first kappa shape index (κ1) is 47.1. The van der Waals surface area contributed by atoms with E-state index < -0.39 is 72.5 Å². The van der Waals surface area contributed by atoms with Gasteiger partial charge in [0.25, 0.3) is 0 Å². The van der Waals surface area contributed by atoms with Crippen LogP contribution < -0.4 is 38.9 Å². The van der Waals surface area contributed by atoms with Gasteiger partial charge in [-0.15, -0.1) is 0 Å². The number of hydrogen-bond donors (Lipinski definition) is 10. The number of carboxylic acid groups (broad SMARTS) is 2. The van der Waals surface area contributed by atoms with Crippen LogP contribution in [0.15, 0.2) is 12.7 Å². The van der Waals surface area contributed by atoms with Crippen LogP contribution in [0.4, 0.5) is 5.82 Å². The first-order valence-corrected chi connectivity index (χ1v) is 20.1. The van der Waals surface area contributed by atoms with Crippen LogP contribution in [0.5, 0.6) is 0 Å². The zero-order valence-electron chi connectivity index (χ0n) is 33.2. The summed E-state index contributed by atoms with van der Waals surface area (Å²) in [4.78, 5) is 78.9. The monoisotopic (exact) mass is 834 g/mol. The second-order valence-electron chi connectivity index (χ2n) is 14.9. The Morgan fingerprint density at radius 1 is 0.949 bits per heavy atom. The molecule has 4 heterocycles. The van der Waals surface area contributed by atoms with E-state index in [0.717, 1.165) is 0 Å². The first-order valence-electron chi connectivity index (χ1n) is 20.1. The molecule has 1 radical (unpaired) electrons. The highest BCUT2D eigenvalue weighted by molar-refractivity contribution is 5.94. The molecule has 329 valence electrons. The van der Waals surface area contributed by atoms with Crippen LogP contribution in [-0.4, -0.2) is 174 Å². The minimum absolute atomic E-state index is 0.0879. The van der Waals surface area contributed by atoms with E-state index in [0.29, 0.717) is 82.3 Å². The molecule has 0 aliphatic carbocycles. The number of carboxylic acids is 2. The van der Waals surface area contributed by atoms with Gasteiger partial charge in [-0.2, -0.15) is 0 Å². The second-order valence-corrected chi connectivity index (χ2v) is 14.9. The number of aromatic nitrogens is 4. The summed E-state index contributed by atoms with van der Waals surface area (Å²) in [5.74, 6) is -3.70. The number of unbranched alkanes of at least 4 members (excludes halogenated alkanes) is 2. The Hall–Kier alpha value is -4.62. The maximum atomic E-state index is 13.5. The van der Waals surface area contributed by atoms with E-state index in [1.165, 1.54) is 22.1 Å². The minimum Gasteiger partial charge on any atom is -0.480 e. The lowest BCUT2D eigenvalue weighted by atomic mass is 10.1. The number of likely N-dealkylation sites (tertiary alicyclic amines) is 1. The number of imidazole rings is 1. The fraction of sp³-hybridized carbons (Fsp3) is 0.722. The number of aliphatic hydroxyl groups is 2. The van der Waals surface area contributed by atoms with Crippen molar-refractivity contribution in [2.45, 2.75) is 113 Å². The van der Waals surface area contributed by atoms with Gasteiger partial charge in [-0.3, -0.25) is 29.5 Å². The van der Waals surface area contributed by atoms with E-state index in [1.54, 1.807) is 0 Å². The Morgan fingerprint density at radius 2 is 1.69 bits per heavy atom. The molecule has 0 saturated carbocycles. The normalized spacial score (nSPS) is 22.1. The first-order chi connectivity index (χ1) is 28.3. The quantitative estimate of drug-likeness (QED) is 0.0416. The summed E-state index contributed by atoms with van der Waals surface area (Å²) in [7, 11) is 0. The van der Waals surface area contributed by atoms with E-state index >= 15 is 0 Å². The molecule has 2 fully saturated rings. The molecule has 4 rings (SSSR count). The van der Waals surface area contributed by atoms with Crippen molar-refractivity contribution in [3.05, 3.63) is 12.7 Å². The van der Waals surface area contributed by atoms with E-state index in [-0.39, 0.29) is 57.2 Å². The van der Waals surface area contributed by atoms with Gasteiger partial charge < -0.3 is 68.1 Å². The average Bonchev–Trinajstić information content (AvgIpc) is 3.94. The highest BCUT2D eigenvalue weighted by Gasteiger charge is 2.45. The lowest BCUT2D eigenvalue weighted by Crippen LogP contribution is -2.55. The molecule has 2 aromatic rings. The van der Waals surface area contributed by atoms with Gasteiger partial charge in [0, 0.05) is 26.2 Å². The SMILES string of the molecule is [NH]CCCC[C@H](NC(=O)[C@@H]1CCCN1C(=O)CNCCCN(CC[C@H](N)C(=O)O)C[C@H]1O[C@@H](n2cnc3c(N)ncnc32)[C@H](O)[C@@H]1O)C(=O)N[C@@H](CCCCN)C(=O)O. The summed E-state index contributed by atoms with van der Waals surface area (Å²) >= 11 is 0. The van der Waals surface area contributed by atoms with E-state index in [1.807, 2.05) is 4.90 Å². The number of hydrogen-bond acceptors (Lipinski definition) is 16. The number of nitrogen functional groups attached to an aromatic ring is 1. The summed E-state index contributed by atoms with van der Waals surface area (Å²) in [5, 5.41) is 49.3. The molecule has 2 aliphatic rings. The lowest BCUT2D eigenvalue weighted by Gasteiger charge is -2.28. The van der Waals surface area contributed by atoms with Crippen molar-refractivity contribution in [3.63, 3.8) is 0 Å². The van der Waals surface area contributed by atoms with Crippen molar-refractivity contribution in [1.29, 1.82) is 0 Å². The third kappa shape index (κ3) is 13.2. The van der Waals surface area contributed by atoms with E-state index in [2.05, 4.69) is 30.9 Å². The Balaban J connectivity index is 1.30. The van der Waals surface area contributed by atoms with Crippen LogP contribution in [0.1, 0.15) is 70.4 Å². The number of aliphatic carboxylic acids is 2. The summed E-state index contributed by atoms with van der Waals surface area (Å²) in [5.41, 5.74) is 25.3. The van der Waals surface area contributed by atoms with Gasteiger partial charge in [0.15, 0.2) is 17.7 Å². The highest BCUT2D eigenvalue weighted by atomic mass is 16.6. The van der Waals surface area contributed by atoms with Gasteiger partial charge >= 0.3 is 11.9 Å². The maximum Gasteiger partial charge on any atom is 0.326 e. The standard InChI is InChI=1S/C36H60N13O10/c37-11-3-1-7-22(32(53)46-23(36(57)58)8-2-4-12-38)45-33(54)24-9-5-15-48(24)26(50)17-41-13-6-14-47(16-10-21(39)35(55)56)18-25-28(51)29(52)34(59-25)49-20-44-27-30(40)42-19-43-31(27)49/h19-25,28-29,34,37,41,51-52H,1-18,38-39H2,(H,45,54)(H,46,53)(H,55,56)(H,57,58)(H2,40,42,43)/t21-,22-,23-,24-,25+,28+,29+,34+/m0/s1. The number of nitrogens with zero attached hydrogens (tertiary/aromatic N) is 6. The van der Waals surface area contributed by atoms with Crippen molar-refractivity contribution in [2.75, 3.05) is 58.1 Å². The highest BCUT2D eigenvalue weighted by Crippen LogP contribution is 2.32. The lowest BCUT2D eigenvalue weighted by molar-refractivity contribution is -0.143. The van der Waals surface area contributed by atoms with E-state index in [4.69, 9.17) is 27.7 Å². The third-order valence-electron chi connectivity index (χ3n) is 10.6. The number of carbonyl (C=O) groups is 5. The molecular weight excluding hydrogens is 774 g/mol. The Morgan fingerprint density at radius 3 is 2.41 bits per heavy atom. The molecular formula is C36H60N13O10. The summed E-state index contributed by atoms with van der Waals surface area (Å²) in [6.45, 7) is 1.85. The largest absolute Gasteiger partial charge is 0.480 e. The van der Waals surface area contributed by atoms with Crippen LogP contribution in [0.25, 0.3) is 11.2 Å². The molecule has 3 amide bonds. The third-order valence-corrected chi connectivity index (χ3v) is 10.6. The number of ether oxygens (including phenoxy) is 1. The molecule has 14 N–H and O–H groups in total. The number of rotatable bonds is 26. The number of fused-ring (bicyclic) bond motifs is 1. The van der Waals surface area contributed by atoms with Crippen molar-refractivity contribution in [2.24, 2.45) is 11.5 Å². The van der Waals surface area contributed by atoms with Crippen molar-refractivity contribution >= 4 is 46.6 Å². The number of anilines is 1. The van der Waals surface area contributed by atoms with Crippen LogP contribution in [0, 0.1) is 0 Å². The Kier molecular flexibility index (Phi) is 18.5. The van der Waals surface area contributed by atoms with Crippen molar-refractivity contribution in [3.8, 4) is 0 Å². The van der Waals surface area contributed by atoms with Crippen LogP contribution in [0.3, 0.4) is 0 Å². The molecule has 2 saturated heterocycles. The van der Waals surface area contributed by atoms with Crippen LogP contribution >= 0.6 is 0 Å². The van der Waals surface area contributed by atoms with Crippen LogP contribution in [-0.2, 0) is 28.7 Å². The molecule has 23 nitrogen and oxygen atoms in total. The number of carbonyl (C=O) groups excluding carboxylic acids is 3. The number of aliphatic hydroxyl groups excluding tert-OH is 2. The Labute approximate surface area is 341 Å². The molecule has 59 heavy (non-hydrogen) atoms. The van der Waals surface area contributed by atoms with Gasteiger partial charge in [0.05, 0.1) is 12.9 Å². The molecule has 23 heteroatoms. The topological polar surface area (TPSA) is 364 Å². The fourth-order valence-electron chi connectivity index (χ4n) is 7.26. The second kappa shape index (κ2) is 23.2. The zero-order valence-corrected chi connectivity index (χ0v) is 33.2. The molecule has 0 spiro atoms. The van der Waals surface area contributed by atoms with Gasteiger partial charge in [-0.05, 0) is 83.8 Å². The van der Waals surface area contributed by atoms with Gasteiger partial charge in [0.2, 0.25) is 17.7 Å². The molecule has 8 atom stereocenters. The van der Waals surface area contributed by atoms with Crippen LogP contribution in [0.2, 0.25) is 0 Å². The van der Waals surface area contributed by atoms with Crippen molar-refractivity contribution in [1.82, 2.24) is 51.0 Å². The smallest absolute Gasteiger partial charge is 0.326 e. The Bertz CT molecular complexity index is 1700. The predicted octanol–water partition coefficient (Wildman–Crippen LogP) is -3.26. The zero-order chi connectivity index (χ0) is 43.1. The number of amides is 3. The molecule has 0 unspecified atom stereocenters. The van der Waals surface area contributed by atoms with Gasteiger partial charge in [0.1, 0.15) is 54.3 Å². The number of nitrogens with one attached hydrogen (secondary N) is 4. The fourth-order valence-corrected chi connectivity index (χ4v) is 7.26. The van der Waals surface area contributed by atoms with Crippen molar-refractivity contribution < 1.29 is 49.1 Å². The number of nitrogens with two attached hydrogens (primary N) is 3. The van der Waals surface area contributed by atoms with Gasteiger partial charge in [-0.25, -0.2) is 19.7 Å².